The Morgan fingerprint density at radius 1 is 1.21 bits per heavy atom. The number of pyridine rings is 1. The summed E-state index contributed by atoms with van der Waals surface area (Å²) in [4.78, 5) is 26.5. The Balaban J connectivity index is 1.69. The molecule has 1 aliphatic rings. The van der Waals surface area contributed by atoms with Gasteiger partial charge in [-0.05, 0) is 38.8 Å². The quantitative estimate of drug-likeness (QED) is 0.853. The number of aliphatic hydroxyl groups excluding tert-OH is 1. The second-order valence-electron chi connectivity index (χ2n) is 8.23. The van der Waals surface area contributed by atoms with Crippen molar-refractivity contribution in [2.24, 2.45) is 0 Å². The van der Waals surface area contributed by atoms with E-state index >= 15 is 0 Å². The van der Waals surface area contributed by atoms with E-state index in [9.17, 15) is 14.7 Å². The average molecular weight is 400 g/mol. The highest BCUT2D eigenvalue weighted by atomic mass is 16.6. The van der Waals surface area contributed by atoms with E-state index in [0.29, 0.717) is 25.3 Å². The number of hydrogen-bond acceptors (Lipinski definition) is 5. The first kappa shape index (κ1) is 20.9. The maximum absolute atomic E-state index is 12.6. The minimum absolute atomic E-state index is 0.209. The molecular formula is C22H28N2O5. The third-order valence-corrected chi connectivity index (χ3v) is 4.72. The van der Waals surface area contributed by atoms with Crippen LogP contribution < -0.4 is 10.3 Å². The molecule has 29 heavy (non-hydrogen) atoms. The first-order valence-corrected chi connectivity index (χ1v) is 9.78. The van der Waals surface area contributed by atoms with E-state index in [-0.39, 0.29) is 12.1 Å². The molecule has 1 fully saturated rings. The number of rotatable bonds is 4. The summed E-state index contributed by atoms with van der Waals surface area (Å²) in [5.41, 5.74) is 0.120. The van der Waals surface area contributed by atoms with E-state index in [1.165, 1.54) is 15.5 Å². The van der Waals surface area contributed by atoms with Crippen molar-refractivity contribution in [3.05, 3.63) is 64.6 Å². The summed E-state index contributed by atoms with van der Waals surface area (Å²) >= 11 is 0. The van der Waals surface area contributed by atoms with Gasteiger partial charge in [-0.3, -0.25) is 4.79 Å². The number of carbonyl (C=O) groups is 1. The van der Waals surface area contributed by atoms with Gasteiger partial charge in [0.25, 0.3) is 5.56 Å². The largest absolute Gasteiger partial charge is 0.489 e. The molecule has 1 N–H and O–H groups in total. The third-order valence-electron chi connectivity index (χ3n) is 4.72. The number of piperidine rings is 1. The second-order valence-corrected chi connectivity index (χ2v) is 8.23. The van der Waals surface area contributed by atoms with Gasteiger partial charge in [0.2, 0.25) is 0 Å². The molecule has 2 aromatic rings. The van der Waals surface area contributed by atoms with Gasteiger partial charge in [0.1, 0.15) is 18.0 Å². The molecule has 1 aromatic carbocycles. The van der Waals surface area contributed by atoms with Crippen molar-refractivity contribution in [2.75, 3.05) is 13.1 Å². The lowest BCUT2D eigenvalue weighted by molar-refractivity contribution is -0.00606. The van der Waals surface area contributed by atoms with Crippen LogP contribution in [0.1, 0.15) is 38.8 Å². The number of benzene rings is 1. The van der Waals surface area contributed by atoms with Crippen LogP contribution in [-0.4, -0.2) is 45.5 Å². The van der Waals surface area contributed by atoms with Gasteiger partial charge >= 0.3 is 6.09 Å². The third kappa shape index (κ3) is 5.60. The molecule has 7 heteroatoms. The van der Waals surface area contributed by atoms with Gasteiger partial charge in [0.05, 0.1) is 12.1 Å². The number of ether oxygens (including phenoxy) is 2. The number of hydrogen-bond donors (Lipinski definition) is 1. The fourth-order valence-corrected chi connectivity index (χ4v) is 3.26. The topological polar surface area (TPSA) is 81.0 Å². The molecule has 3 rings (SSSR count). The van der Waals surface area contributed by atoms with Crippen molar-refractivity contribution in [1.82, 2.24) is 9.47 Å². The zero-order valence-electron chi connectivity index (χ0n) is 17.1. The van der Waals surface area contributed by atoms with Crippen molar-refractivity contribution in [1.29, 1.82) is 0 Å². The molecule has 0 spiro atoms. The Bertz CT molecular complexity index is 888. The maximum atomic E-state index is 12.6. The Morgan fingerprint density at radius 2 is 1.93 bits per heavy atom. The standard InChI is InChI=1S/C22H28N2O5/c1-22(2,3)29-21(27)23-11-10-19(25)18(14-23)24-12-9-17(13-20(24)26)28-15-16-7-5-4-6-8-16/h4-9,12-13,18-19,25H,10-11,14-15H2,1-3H3. The molecule has 2 atom stereocenters. The summed E-state index contributed by atoms with van der Waals surface area (Å²) in [5.74, 6) is 0.462. The highest BCUT2D eigenvalue weighted by Gasteiger charge is 2.34. The molecule has 156 valence electrons. The van der Waals surface area contributed by atoms with Gasteiger partial charge in [0.15, 0.2) is 0 Å². The Labute approximate surface area is 170 Å². The lowest BCUT2D eigenvalue weighted by Gasteiger charge is -2.37. The van der Waals surface area contributed by atoms with Crippen LogP contribution in [0.25, 0.3) is 0 Å². The number of carbonyl (C=O) groups excluding carboxylic acids is 1. The highest BCUT2D eigenvalue weighted by molar-refractivity contribution is 5.68. The van der Waals surface area contributed by atoms with Crippen LogP contribution in [0.3, 0.4) is 0 Å². The molecule has 2 heterocycles. The molecule has 2 unspecified atom stereocenters. The van der Waals surface area contributed by atoms with Crippen LogP contribution in [0, 0.1) is 0 Å². The second kappa shape index (κ2) is 8.69. The lowest BCUT2D eigenvalue weighted by atomic mass is 10.0. The average Bonchev–Trinajstić information content (AvgIpc) is 2.66. The Kier molecular flexibility index (Phi) is 6.27. The zero-order valence-corrected chi connectivity index (χ0v) is 17.1. The fraction of sp³-hybridized carbons (Fsp3) is 0.455. The summed E-state index contributed by atoms with van der Waals surface area (Å²) < 4.78 is 12.6. The Hall–Kier alpha value is -2.80. The first-order chi connectivity index (χ1) is 13.7. The molecule has 0 aliphatic carbocycles. The summed E-state index contributed by atoms with van der Waals surface area (Å²) in [5, 5.41) is 10.4. The molecule has 0 saturated carbocycles. The number of amides is 1. The number of aromatic nitrogens is 1. The van der Waals surface area contributed by atoms with Crippen molar-refractivity contribution in [3.8, 4) is 5.75 Å². The van der Waals surface area contributed by atoms with E-state index in [1.54, 1.807) is 33.0 Å². The van der Waals surface area contributed by atoms with E-state index in [2.05, 4.69) is 0 Å². The van der Waals surface area contributed by atoms with Crippen molar-refractivity contribution in [3.63, 3.8) is 0 Å². The summed E-state index contributed by atoms with van der Waals surface area (Å²) in [6.07, 6.45) is 0.824. The molecule has 1 amide bonds. The van der Waals surface area contributed by atoms with E-state index < -0.39 is 23.8 Å². The zero-order chi connectivity index (χ0) is 21.0. The van der Waals surface area contributed by atoms with Gasteiger partial charge in [0, 0.05) is 25.4 Å². The van der Waals surface area contributed by atoms with Crippen molar-refractivity contribution < 1.29 is 19.4 Å². The van der Waals surface area contributed by atoms with E-state index in [1.807, 2.05) is 30.3 Å². The predicted octanol–water partition coefficient (Wildman–Crippen LogP) is 2.97. The minimum atomic E-state index is -0.720. The summed E-state index contributed by atoms with van der Waals surface area (Å²) in [6, 6.07) is 12.3. The predicted molar refractivity (Wildman–Crippen MR) is 109 cm³/mol. The van der Waals surface area contributed by atoms with E-state index in [4.69, 9.17) is 9.47 Å². The Morgan fingerprint density at radius 3 is 2.59 bits per heavy atom. The smallest absolute Gasteiger partial charge is 0.410 e. The molecular weight excluding hydrogens is 372 g/mol. The van der Waals surface area contributed by atoms with Crippen LogP contribution in [0.5, 0.6) is 5.75 Å². The molecule has 7 nitrogen and oxygen atoms in total. The lowest BCUT2D eigenvalue weighted by Crippen LogP contribution is -2.49. The molecule has 0 bridgehead atoms. The van der Waals surface area contributed by atoms with Crippen LogP contribution in [0.15, 0.2) is 53.5 Å². The molecule has 1 aliphatic heterocycles. The van der Waals surface area contributed by atoms with Gasteiger partial charge in [-0.15, -0.1) is 0 Å². The fourth-order valence-electron chi connectivity index (χ4n) is 3.26. The summed E-state index contributed by atoms with van der Waals surface area (Å²) in [7, 11) is 0. The number of aliphatic hydroxyl groups is 1. The normalized spacial score (nSPS) is 19.7. The van der Waals surface area contributed by atoms with Crippen molar-refractivity contribution in [2.45, 2.75) is 51.5 Å². The SMILES string of the molecule is CC(C)(C)OC(=O)N1CCC(O)C(n2ccc(OCc3ccccc3)cc2=O)C1. The van der Waals surface area contributed by atoms with Crippen LogP contribution in [-0.2, 0) is 11.3 Å². The van der Waals surface area contributed by atoms with E-state index in [0.717, 1.165) is 5.56 Å². The van der Waals surface area contributed by atoms with Crippen LogP contribution in [0.4, 0.5) is 4.79 Å². The van der Waals surface area contributed by atoms with Gasteiger partial charge in [-0.25, -0.2) is 4.79 Å². The number of nitrogens with zero attached hydrogens (tertiary/aromatic N) is 2. The molecule has 1 saturated heterocycles. The molecule has 1 aromatic heterocycles. The number of likely N-dealkylation sites (tertiary alicyclic amines) is 1. The monoisotopic (exact) mass is 400 g/mol. The first-order valence-electron chi connectivity index (χ1n) is 9.78. The van der Waals surface area contributed by atoms with Gasteiger partial charge < -0.3 is 24.0 Å². The highest BCUT2D eigenvalue weighted by Crippen LogP contribution is 2.23. The van der Waals surface area contributed by atoms with Gasteiger partial charge in [-0.2, -0.15) is 0 Å². The molecule has 0 radical (unpaired) electrons. The maximum Gasteiger partial charge on any atom is 0.410 e. The van der Waals surface area contributed by atoms with Crippen LogP contribution >= 0.6 is 0 Å². The van der Waals surface area contributed by atoms with Crippen LogP contribution in [0.2, 0.25) is 0 Å². The minimum Gasteiger partial charge on any atom is -0.489 e. The van der Waals surface area contributed by atoms with Crippen molar-refractivity contribution >= 4 is 6.09 Å². The summed E-state index contributed by atoms with van der Waals surface area (Å²) in [6.45, 7) is 6.38. The van der Waals surface area contributed by atoms with Gasteiger partial charge in [-0.1, -0.05) is 30.3 Å².